The first-order chi connectivity index (χ1) is 11.5. The quantitative estimate of drug-likeness (QED) is 0.476. The van der Waals surface area contributed by atoms with Gasteiger partial charge in [-0.05, 0) is 34.9 Å². The van der Waals surface area contributed by atoms with Gasteiger partial charge in [0.1, 0.15) is 0 Å². The third-order valence-corrected chi connectivity index (χ3v) is 5.36. The van der Waals surface area contributed by atoms with Gasteiger partial charge >= 0.3 is 11.9 Å². The summed E-state index contributed by atoms with van der Waals surface area (Å²) in [7, 11) is 2.60. The zero-order chi connectivity index (χ0) is 19.0. The number of benzene rings is 1. The molecular formula is C21H28O4. The third-order valence-electron chi connectivity index (χ3n) is 5.36. The molecule has 1 unspecified atom stereocenters. The Morgan fingerprint density at radius 2 is 1.72 bits per heavy atom. The molecule has 1 aromatic rings. The van der Waals surface area contributed by atoms with Crippen LogP contribution in [0.1, 0.15) is 50.8 Å². The van der Waals surface area contributed by atoms with E-state index < -0.39 is 22.8 Å². The molecule has 0 aliphatic heterocycles. The lowest BCUT2D eigenvalue weighted by Gasteiger charge is -2.43. The molecule has 136 valence electrons. The fourth-order valence-corrected chi connectivity index (χ4v) is 3.78. The summed E-state index contributed by atoms with van der Waals surface area (Å²) in [4.78, 5) is 25.1. The van der Waals surface area contributed by atoms with Gasteiger partial charge in [0.2, 0.25) is 0 Å². The number of methoxy groups -OCH3 is 2. The Kier molecular flexibility index (Phi) is 4.86. The maximum atomic E-state index is 12.6. The SMILES string of the molecule is C=CC1(C)CC(C(=O)OC)(C(=O)OC)Cc2ccc(C(C)(C)C)cc21. The van der Waals surface area contributed by atoms with E-state index in [1.54, 1.807) is 0 Å². The van der Waals surface area contributed by atoms with Crippen LogP contribution in [0.3, 0.4) is 0 Å². The number of fused-ring (bicyclic) bond motifs is 1. The minimum absolute atomic E-state index is 0.0103. The number of ether oxygens (including phenoxy) is 2. The van der Waals surface area contributed by atoms with Crippen LogP contribution in [0.5, 0.6) is 0 Å². The zero-order valence-corrected chi connectivity index (χ0v) is 16.1. The second-order valence-corrected chi connectivity index (χ2v) is 8.16. The molecule has 1 aliphatic rings. The topological polar surface area (TPSA) is 52.6 Å². The summed E-state index contributed by atoms with van der Waals surface area (Å²) < 4.78 is 9.95. The highest BCUT2D eigenvalue weighted by atomic mass is 16.5. The number of esters is 2. The highest BCUT2D eigenvalue weighted by molar-refractivity contribution is 6.01. The fourth-order valence-electron chi connectivity index (χ4n) is 3.78. The van der Waals surface area contributed by atoms with E-state index in [2.05, 4.69) is 39.5 Å². The fraction of sp³-hybridized carbons (Fsp3) is 0.524. The van der Waals surface area contributed by atoms with Gasteiger partial charge in [-0.15, -0.1) is 6.58 Å². The molecule has 4 heteroatoms. The number of rotatable bonds is 3. The Morgan fingerprint density at radius 3 is 2.16 bits per heavy atom. The Balaban J connectivity index is 2.69. The van der Waals surface area contributed by atoms with E-state index in [1.807, 2.05) is 19.1 Å². The lowest BCUT2D eigenvalue weighted by atomic mass is 9.59. The molecule has 0 aromatic heterocycles. The standard InChI is InChI=1S/C21H28O4/c1-8-20(5)13-21(17(22)24-6,18(23)25-7)12-14-9-10-15(11-16(14)20)19(2,3)4/h8-11H,1,12-13H2,2-7H3. The Bertz CT molecular complexity index is 695. The Labute approximate surface area is 150 Å². The highest BCUT2D eigenvalue weighted by Gasteiger charge is 2.55. The molecule has 0 saturated carbocycles. The molecule has 25 heavy (non-hydrogen) atoms. The molecule has 0 N–H and O–H groups in total. The van der Waals surface area contributed by atoms with Crippen LogP contribution in [0, 0.1) is 5.41 Å². The van der Waals surface area contributed by atoms with Crippen LogP contribution < -0.4 is 0 Å². The molecule has 0 saturated heterocycles. The predicted octanol–water partition coefficient (Wildman–Crippen LogP) is 3.71. The van der Waals surface area contributed by atoms with Gasteiger partial charge in [-0.25, -0.2) is 0 Å². The van der Waals surface area contributed by atoms with Crippen LogP contribution in [0.4, 0.5) is 0 Å². The first-order valence-electron chi connectivity index (χ1n) is 8.48. The van der Waals surface area contributed by atoms with E-state index in [0.717, 1.165) is 11.1 Å². The Hall–Kier alpha value is -2.10. The van der Waals surface area contributed by atoms with Crippen molar-refractivity contribution in [2.75, 3.05) is 14.2 Å². The summed E-state index contributed by atoms with van der Waals surface area (Å²) in [6, 6.07) is 6.25. The molecule has 0 heterocycles. The van der Waals surface area contributed by atoms with Gasteiger partial charge in [-0.1, -0.05) is 52.0 Å². The summed E-state index contributed by atoms with van der Waals surface area (Å²) in [5.74, 6) is -1.11. The Morgan fingerprint density at radius 1 is 1.16 bits per heavy atom. The van der Waals surface area contributed by atoms with E-state index in [1.165, 1.54) is 19.8 Å². The largest absolute Gasteiger partial charge is 0.468 e. The third kappa shape index (κ3) is 3.10. The molecule has 2 rings (SSSR count). The van der Waals surface area contributed by atoms with Gasteiger partial charge in [-0.3, -0.25) is 9.59 Å². The smallest absolute Gasteiger partial charge is 0.323 e. The van der Waals surface area contributed by atoms with Gasteiger partial charge in [0.05, 0.1) is 14.2 Å². The van der Waals surface area contributed by atoms with E-state index in [0.29, 0.717) is 0 Å². The summed E-state index contributed by atoms with van der Waals surface area (Å²) in [6.45, 7) is 12.5. The van der Waals surface area contributed by atoms with Crippen LogP contribution in [0.15, 0.2) is 30.9 Å². The van der Waals surface area contributed by atoms with Gasteiger partial charge in [0.15, 0.2) is 5.41 Å². The van der Waals surface area contributed by atoms with Gasteiger partial charge < -0.3 is 9.47 Å². The van der Waals surface area contributed by atoms with Crippen molar-refractivity contribution < 1.29 is 19.1 Å². The van der Waals surface area contributed by atoms with Crippen molar-refractivity contribution in [1.82, 2.24) is 0 Å². The van der Waals surface area contributed by atoms with Crippen molar-refractivity contribution in [2.45, 2.75) is 51.4 Å². The van der Waals surface area contributed by atoms with Crippen molar-refractivity contribution >= 4 is 11.9 Å². The molecule has 0 amide bonds. The van der Waals surface area contributed by atoms with Crippen LogP contribution in [-0.4, -0.2) is 26.2 Å². The molecule has 0 spiro atoms. The second kappa shape index (κ2) is 6.32. The van der Waals surface area contributed by atoms with Crippen LogP contribution in [0.25, 0.3) is 0 Å². The van der Waals surface area contributed by atoms with E-state index in [-0.39, 0.29) is 18.3 Å². The number of hydrogen-bond acceptors (Lipinski definition) is 4. The van der Waals surface area contributed by atoms with Crippen LogP contribution in [-0.2, 0) is 36.3 Å². The molecule has 1 aromatic carbocycles. The minimum Gasteiger partial charge on any atom is -0.468 e. The molecule has 4 nitrogen and oxygen atoms in total. The van der Waals surface area contributed by atoms with Crippen molar-refractivity contribution in [2.24, 2.45) is 5.41 Å². The van der Waals surface area contributed by atoms with Crippen molar-refractivity contribution in [1.29, 1.82) is 0 Å². The summed E-state index contributed by atoms with van der Waals surface area (Å²) in [6.07, 6.45) is 2.37. The lowest BCUT2D eigenvalue weighted by Crippen LogP contribution is -2.50. The molecule has 0 bridgehead atoms. The number of carbonyl (C=O) groups is 2. The highest BCUT2D eigenvalue weighted by Crippen LogP contribution is 2.49. The zero-order valence-electron chi connectivity index (χ0n) is 16.1. The number of carbonyl (C=O) groups excluding carboxylic acids is 2. The normalized spacial score (nSPS) is 21.8. The predicted molar refractivity (Wildman–Crippen MR) is 97.5 cm³/mol. The average molecular weight is 344 g/mol. The maximum Gasteiger partial charge on any atom is 0.323 e. The van der Waals surface area contributed by atoms with Crippen molar-refractivity contribution in [3.8, 4) is 0 Å². The minimum atomic E-state index is -1.34. The first-order valence-corrected chi connectivity index (χ1v) is 8.48. The maximum absolute atomic E-state index is 12.6. The van der Waals surface area contributed by atoms with E-state index in [4.69, 9.17) is 9.47 Å². The van der Waals surface area contributed by atoms with Gasteiger partial charge in [0.25, 0.3) is 0 Å². The molecular weight excluding hydrogens is 316 g/mol. The lowest BCUT2D eigenvalue weighted by molar-refractivity contribution is -0.171. The average Bonchev–Trinajstić information content (AvgIpc) is 2.58. The summed E-state index contributed by atoms with van der Waals surface area (Å²) in [5, 5.41) is 0. The molecule has 1 atom stereocenters. The molecule has 1 aliphatic carbocycles. The molecule has 0 radical (unpaired) electrons. The van der Waals surface area contributed by atoms with E-state index in [9.17, 15) is 9.59 Å². The number of hydrogen-bond donors (Lipinski definition) is 0. The number of allylic oxidation sites excluding steroid dienone is 1. The van der Waals surface area contributed by atoms with Gasteiger partial charge in [-0.2, -0.15) is 0 Å². The van der Waals surface area contributed by atoms with Crippen molar-refractivity contribution in [3.63, 3.8) is 0 Å². The van der Waals surface area contributed by atoms with Crippen molar-refractivity contribution in [3.05, 3.63) is 47.5 Å². The summed E-state index contributed by atoms with van der Waals surface area (Å²) in [5.41, 5.74) is 1.41. The van der Waals surface area contributed by atoms with Crippen LogP contribution >= 0.6 is 0 Å². The van der Waals surface area contributed by atoms with Crippen LogP contribution in [0.2, 0.25) is 0 Å². The van der Waals surface area contributed by atoms with Gasteiger partial charge in [0, 0.05) is 5.41 Å². The second-order valence-electron chi connectivity index (χ2n) is 8.16. The monoisotopic (exact) mass is 344 g/mol. The first kappa shape index (κ1) is 19.2. The molecule has 0 fully saturated rings. The summed E-state index contributed by atoms with van der Waals surface area (Å²) >= 11 is 0. The van der Waals surface area contributed by atoms with E-state index >= 15 is 0 Å².